The summed E-state index contributed by atoms with van der Waals surface area (Å²) in [5.41, 5.74) is 0.633. The van der Waals surface area contributed by atoms with Gasteiger partial charge in [-0.2, -0.15) is 8.78 Å². The lowest BCUT2D eigenvalue weighted by Gasteiger charge is -2.06. The van der Waals surface area contributed by atoms with Gasteiger partial charge in [0.15, 0.2) is 0 Å². The van der Waals surface area contributed by atoms with Gasteiger partial charge in [-0.15, -0.1) is 0 Å². The maximum Gasteiger partial charge on any atom is 0.387 e. The summed E-state index contributed by atoms with van der Waals surface area (Å²) in [6.07, 6.45) is 3.39. The van der Waals surface area contributed by atoms with Crippen LogP contribution in [0.2, 0.25) is 5.02 Å². The van der Waals surface area contributed by atoms with Gasteiger partial charge in [0, 0.05) is 0 Å². The number of hydrogen-bond donors (Lipinski definition) is 0. The maximum atomic E-state index is 11.9. The number of carbonyl (C=O) groups excluding carboxylic acids is 1. The molecule has 15 heavy (non-hydrogen) atoms. The molecular formula is C10H7ClF2O2. The predicted molar refractivity (Wildman–Crippen MR) is 53.2 cm³/mol. The van der Waals surface area contributed by atoms with Crippen molar-refractivity contribution in [1.29, 1.82) is 0 Å². The summed E-state index contributed by atoms with van der Waals surface area (Å²) < 4.78 is 27.9. The fraction of sp³-hybridized carbons (Fsp3) is 0.100. The Morgan fingerprint density at radius 3 is 2.67 bits per heavy atom. The number of benzene rings is 1. The molecule has 0 unspecified atom stereocenters. The average molecular weight is 233 g/mol. The second-order valence-corrected chi connectivity index (χ2v) is 2.97. The molecule has 0 heterocycles. The van der Waals surface area contributed by atoms with E-state index in [2.05, 4.69) is 4.74 Å². The lowest BCUT2D eigenvalue weighted by atomic mass is 10.2. The van der Waals surface area contributed by atoms with E-state index in [9.17, 15) is 13.6 Å². The maximum absolute atomic E-state index is 11.9. The highest BCUT2D eigenvalue weighted by Crippen LogP contribution is 2.27. The zero-order chi connectivity index (χ0) is 11.3. The van der Waals surface area contributed by atoms with Crippen molar-refractivity contribution in [2.45, 2.75) is 6.61 Å². The van der Waals surface area contributed by atoms with E-state index in [1.165, 1.54) is 30.4 Å². The van der Waals surface area contributed by atoms with E-state index in [0.29, 0.717) is 11.8 Å². The zero-order valence-corrected chi connectivity index (χ0v) is 8.25. The molecular weight excluding hydrogens is 226 g/mol. The number of rotatable bonds is 4. The third kappa shape index (κ3) is 3.67. The van der Waals surface area contributed by atoms with Gasteiger partial charge >= 0.3 is 6.61 Å². The van der Waals surface area contributed by atoms with E-state index >= 15 is 0 Å². The van der Waals surface area contributed by atoms with E-state index in [0.717, 1.165) is 0 Å². The number of ether oxygens (including phenoxy) is 1. The Kier molecular flexibility index (Phi) is 4.24. The summed E-state index contributed by atoms with van der Waals surface area (Å²) in [5, 5.41) is 0.0725. The molecule has 5 heteroatoms. The summed E-state index contributed by atoms with van der Waals surface area (Å²) in [5.74, 6) is -0.0880. The molecule has 80 valence electrons. The van der Waals surface area contributed by atoms with Crippen LogP contribution in [0.15, 0.2) is 24.3 Å². The summed E-state index contributed by atoms with van der Waals surface area (Å²) in [7, 11) is 0. The van der Waals surface area contributed by atoms with Gasteiger partial charge < -0.3 is 4.74 Å². The molecule has 0 aliphatic carbocycles. The molecule has 2 nitrogen and oxygen atoms in total. The van der Waals surface area contributed by atoms with Crippen LogP contribution in [0.5, 0.6) is 5.75 Å². The monoisotopic (exact) mass is 232 g/mol. The Morgan fingerprint density at radius 2 is 2.13 bits per heavy atom. The van der Waals surface area contributed by atoms with Gasteiger partial charge in [-0.1, -0.05) is 23.7 Å². The third-order valence-corrected chi connectivity index (χ3v) is 1.83. The number of carbonyl (C=O) groups is 1. The standard InChI is InChI=1S/C10H7ClF2O2/c11-8-6-7(2-1-5-14)3-4-9(8)15-10(12)13/h1-6,10H/b2-1+. The minimum Gasteiger partial charge on any atom is -0.433 e. The second-order valence-electron chi connectivity index (χ2n) is 2.56. The smallest absolute Gasteiger partial charge is 0.387 e. The van der Waals surface area contributed by atoms with E-state index in [-0.39, 0.29) is 10.8 Å². The van der Waals surface area contributed by atoms with Crippen molar-refractivity contribution in [3.05, 3.63) is 34.9 Å². The van der Waals surface area contributed by atoms with Crippen LogP contribution in [-0.2, 0) is 4.79 Å². The lowest BCUT2D eigenvalue weighted by Crippen LogP contribution is -2.02. The molecule has 0 aliphatic rings. The molecule has 0 saturated heterocycles. The van der Waals surface area contributed by atoms with E-state index in [1.54, 1.807) is 0 Å². The minimum absolute atomic E-state index is 0.0725. The molecule has 0 aromatic heterocycles. The number of alkyl halides is 2. The van der Waals surface area contributed by atoms with E-state index in [4.69, 9.17) is 11.6 Å². The number of aldehydes is 1. The van der Waals surface area contributed by atoms with Crippen LogP contribution in [0.25, 0.3) is 6.08 Å². The van der Waals surface area contributed by atoms with Crippen LogP contribution in [0.1, 0.15) is 5.56 Å². The molecule has 0 saturated carbocycles. The fourth-order valence-electron chi connectivity index (χ4n) is 0.963. The molecule has 0 bridgehead atoms. The highest BCUT2D eigenvalue weighted by atomic mass is 35.5. The van der Waals surface area contributed by atoms with Gasteiger partial charge in [-0.3, -0.25) is 4.79 Å². The quantitative estimate of drug-likeness (QED) is 0.589. The number of hydrogen-bond acceptors (Lipinski definition) is 2. The highest BCUT2D eigenvalue weighted by molar-refractivity contribution is 6.32. The Hall–Kier alpha value is -1.42. The predicted octanol–water partition coefficient (Wildman–Crippen LogP) is 3.15. The first-order valence-corrected chi connectivity index (χ1v) is 4.37. The van der Waals surface area contributed by atoms with Gasteiger partial charge in [0.05, 0.1) is 5.02 Å². The zero-order valence-electron chi connectivity index (χ0n) is 7.49. The number of halogens is 3. The summed E-state index contributed by atoms with van der Waals surface area (Å²) >= 11 is 5.67. The molecule has 0 spiro atoms. The highest BCUT2D eigenvalue weighted by Gasteiger charge is 2.07. The van der Waals surface area contributed by atoms with Crippen LogP contribution in [0, 0.1) is 0 Å². The number of allylic oxidation sites excluding steroid dienone is 1. The SMILES string of the molecule is O=C/C=C/c1ccc(OC(F)F)c(Cl)c1. The van der Waals surface area contributed by atoms with Gasteiger partial charge in [0.2, 0.25) is 0 Å². The molecule has 1 aromatic carbocycles. The van der Waals surface area contributed by atoms with Crippen LogP contribution in [0.3, 0.4) is 0 Å². The molecule has 0 aliphatic heterocycles. The first-order chi connectivity index (χ1) is 7.13. The Labute approximate surface area is 90.1 Å². The summed E-state index contributed by atoms with van der Waals surface area (Å²) in [4.78, 5) is 10.0. The van der Waals surface area contributed by atoms with Crippen molar-refractivity contribution in [2.24, 2.45) is 0 Å². The first-order valence-electron chi connectivity index (χ1n) is 3.99. The van der Waals surface area contributed by atoms with Gasteiger partial charge in [-0.05, 0) is 23.8 Å². The molecule has 0 amide bonds. The largest absolute Gasteiger partial charge is 0.433 e. The first kappa shape index (κ1) is 11.7. The molecule has 0 radical (unpaired) electrons. The Morgan fingerprint density at radius 1 is 1.40 bits per heavy atom. The molecule has 0 N–H and O–H groups in total. The van der Waals surface area contributed by atoms with Gasteiger partial charge in [-0.25, -0.2) is 0 Å². The normalized spacial score (nSPS) is 10.9. The van der Waals surface area contributed by atoms with Crippen molar-refractivity contribution < 1.29 is 18.3 Å². The lowest BCUT2D eigenvalue weighted by molar-refractivity contribution is -0.104. The van der Waals surface area contributed by atoms with Crippen molar-refractivity contribution in [2.75, 3.05) is 0 Å². The second kappa shape index (κ2) is 5.46. The van der Waals surface area contributed by atoms with Crippen LogP contribution >= 0.6 is 11.6 Å². The Bertz CT molecular complexity index is 378. The topological polar surface area (TPSA) is 26.3 Å². The van der Waals surface area contributed by atoms with Crippen molar-refractivity contribution in [3.63, 3.8) is 0 Å². The van der Waals surface area contributed by atoms with Gasteiger partial charge in [0.25, 0.3) is 0 Å². The average Bonchev–Trinajstić information content (AvgIpc) is 2.18. The van der Waals surface area contributed by atoms with Crippen LogP contribution in [0.4, 0.5) is 8.78 Å². The van der Waals surface area contributed by atoms with Crippen molar-refractivity contribution >= 4 is 24.0 Å². The summed E-state index contributed by atoms with van der Waals surface area (Å²) in [6.45, 7) is -2.90. The van der Waals surface area contributed by atoms with E-state index < -0.39 is 6.61 Å². The van der Waals surface area contributed by atoms with E-state index in [1.807, 2.05) is 0 Å². The van der Waals surface area contributed by atoms with Crippen LogP contribution < -0.4 is 4.74 Å². The Balaban J connectivity index is 2.87. The fourth-order valence-corrected chi connectivity index (χ4v) is 1.20. The van der Waals surface area contributed by atoms with Crippen molar-refractivity contribution in [3.8, 4) is 5.75 Å². The molecule has 1 aromatic rings. The molecule has 0 atom stereocenters. The van der Waals surface area contributed by atoms with Gasteiger partial charge in [0.1, 0.15) is 12.0 Å². The molecule has 1 rings (SSSR count). The molecule has 0 fully saturated rings. The van der Waals surface area contributed by atoms with Crippen molar-refractivity contribution in [1.82, 2.24) is 0 Å². The summed E-state index contributed by atoms with van der Waals surface area (Å²) in [6, 6.07) is 4.27. The van der Waals surface area contributed by atoms with Crippen LogP contribution in [-0.4, -0.2) is 12.9 Å². The third-order valence-electron chi connectivity index (χ3n) is 1.54. The minimum atomic E-state index is -2.90.